The Bertz CT molecular complexity index is 478. The van der Waals surface area contributed by atoms with Crippen LogP contribution in [0.4, 0.5) is 0 Å². The summed E-state index contributed by atoms with van der Waals surface area (Å²) >= 11 is 1.49. The summed E-state index contributed by atoms with van der Waals surface area (Å²) in [7, 11) is -3.33. The average Bonchev–Trinajstić information content (AvgIpc) is 2.72. The molecule has 1 aromatic heterocycles. The summed E-state index contributed by atoms with van der Waals surface area (Å²) in [6.45, 7) is 4.05. The van der Waals surface area contributed by atoms with E-state index in [0.717, 1.165) is 24.3 Å². The first-order valence-electron chi connectivity index (χ1n) is 6.40. The van der Waals surface area contributed by atoms with Gasteiger partial charge in [-0.25, -0.2) is 13.1 Å². The Kier molecular flexibility index (Phi) is 4.77. The zero-order chi connectivity index (χ0) is 13.0. The minimum absolute atomic E-state index is 0.438. The van der Waals surface area contributed by atoms with Gasteiger partial charge in [-0.05, 0) is 36.8 Å². The van der Waals surface area contributed by atoms with E-state index in [1.54, 1.807) is 6.07 Å². The van der Waals surface area contributed by atoms with Crippen LogP contribution < -0.4 is 10.0 Å². The molecule has 18 heavy (non-hydrogen) atoms. The third kappa shape index (κ3) is 3.32. The lowest BCUT2D eigenvalue weighted by Crippen LogP contribution is -2.32. The first kappa shape index (κ1) is 14.0. The van der Waals surface area contributed by atoms with E-state index in [1.807, 2.05) is 12.3 Å². The molecule has 0 amide bonds. The van der Waals surface area contributed by atoms with Gasteiger partial charge in [0.2, 0.25) is 10.0 Å². The largest absolute Gasteiger partial charge is 0.312 e. The van der Waals surface area contributed by atoms with Gasteiger partial charge in [0.15, 0.2) is 0 Å². The van der Waals surface area contributed by atoms with Crippen LogP contribution in [0.2, 0.25) is 0 Å². The van der Waals surface area contributed by atoms with E-state index in [9.17, 15) is 8.42 Å². The van der Waals surface area contributed by atoms with E-state index in [1.165, 1.54) is 17.8 Å². The molecular weight excluding hydrogens is 268 g/mol. The van der Waals surface area contributed by atoms with E-state index in [-0.39, 0.29) is 0 Å². The molecule has 1 heterocycles. The molecule has 4 nitrogen and oxygen atoms in total. The number of sulfonamides is 1. The highest BCUT2D eigenvalue weighted by atomic mass is 32.2. The molecule has 0 aliphatic heterocycles. The minimum Gasteiger partial charge on any atom is -0.312 e. The molecule has 102 valence electrons. The van der Waals surface area contributed by atoms with E-state index < -0.39 is 10.0 Å². The fourth-order valence-electron chi connectivity index (χ4n) is 1.94. The predicted molar refractivity (Wildman–Crippen MR) is 74.2 cm³/mol. The molecule has 1 aliphatic carbocycles. The van der Waals surface area contributed by atoms with Gasteiger partial charge in [-0.3, -0.25) is 0 Å². The molecule has 2 rings (SSSR count). The normalized spacial score (nSPS) is 16.7. The van der Waals surface area contributed by atoms with Crippen LogP contribution in [0.1, 0.15) is 31.1 Å². The highest BCUT2D eigenvalue weighted by Gasteiger charge is 2.23. The summed E-state index contributed by atoms with van der Waals surface area (Å²) in [6, 6.07) is 1.69. The molecule has 0 unspecified atom stereocenters. The van der Waals surface area contributed by atoms with Gasteiger partial charge in [0.05, 0.1) is 4.90 Å². The van der Waals surface area contributed by atoms with Crippen molar-refractivity contribution in [1.29, 1.82) is 0 Å². The molecule has 0 aromatic carbocycles. The first-order valence-corrected chi connectivity index (χ1v) is 8.76. The van der Waals surface area contributed by atoms with Crippen LogP contribution in [-0.4, -0.2) is 21.5 Å². The van der Waals surface area contributed by atoms with Crippen molar-refractivity contribution >= 4 is 21.4 Å². The van der Waals surface area contributed by atoms with Gasteiger partial charge in [-0.2, -0.15) is 0 Å². The summed E-state index contributed by atoms with van der Waals surface area (Å²) in [5.74, 6) is 0.538. The van der Waals surface area contributed by atoms with Crippen LogP contribution >= 0.6 is 11.3 Å². The van der Waals surface area contributed by atoms with Crippen LogP contribution in [-0.2, 0) is 16.6 Å². The van der Waals surface area contributed by atoms with Gasteiger partial charge >= 0.3 is 0 Å². The maximum Gasteiger partial charge on any atom is 0.241 e. The van der Waals surface area contributed by atoms with Gasteiger partial charge in [0.1, 0.15) is 0 Å². The standard InChI is InChI=1S/C12H20N2O2S2/c1-2-13-9-11-12(6-7-17-11)18(15,16)14-8-10-4-3-5-10/h6-7,10,13-14H,2-5,8-9H2,1H3. The zero-order valence-corrected chi connectivity index (χ0v) is 12.2. The van der Waals surface area contributed by atoms with Crippen molar-refractivity contribution in [2.75, 3.05) is 13.1 Å². The zero-order valence-electron chi connectivity index (χ0n) is 10.6. The molecule has 0 atom stereocenters. The highest BCUT2D eigenvalue weighted by molar-refractivity contribution is 7.89. The molecule has 6 heteroatoms. The van der Waals surface area contributed by atoms with Crippen LogP contribution in [0.5, 0.6) is 0 Å². The number of nitrogens with one attached hydrogen (secondary N) is 2. The van der Waals surface area contributed by atoms with E-state index >= 15 is 0 Å². The molecular formula is C12H20N2O2S2. The summed E-state index contributed by atoms with van der Waals surface area (Å²) in [5, 5.41) is 5.01. The van der Waals surface area contributed by atoms with Crippen LogP contribution in [0.3, 0.4) is 0 Å². The van der Waals surface area contributed by atoms with Gasteiger partial charge in [0.25, 0.3) is 0 Å². The average molecular weight is 288 g/mol. The number of hydrogen-bond donors (Lipinski definition) is 2. The fourth-order valence-corrected chi connectivity index (χ4v) is 4.47. The smallest absolute Gasteiger partial charge is 0.241 e. The van der Waals surface area contributed by atoms with Gasteiger partial charge in [-0.1, -0.05) is 13.3 Å². The van der Waals surface area contributed by atoms with E-state index in [4.69, 9.17) is 0 Å². The monoisotopic (exact) mass is 288 g/mol. The third-order valence-electron chi connectivity index (χ3n) is 3.32. The highest BCUT2D eigenvalue weighted by Crippen LogP contribution is 2.27. The Morgan fingerprint density at radius 1 is 1.44 bits per heavy atom. The molecule has 2 N–H and O–H groups in total. The maximum atomic E-state index is 12.2. The second-order valence-corrected chi connectivity index (χ2v) is 7.37. The summed E-state index contributed by atoms with van der Waals surface area (Å²) < 4.78 is 27.1. The lowest BCUT2D eigenvalue weighted by molar-refractivity contribution is 0.316. The lowest BCUT2D eigenvalue weighted by Gasteiger charge is -2.25. The molecule has 0 bridgehead atoms. The number of rotatable bonds is 7. The van der Waals surface area contributed by atoms with Gasteiger partial charge in [0, 0.05) is 18.0 Å². The van der Waals surface area contributed by atoms with E-state index in [0.29, 0.717) is 23.9 Å². The quantitative estimate of drug-likeness (QED) is 0.806. The van der Waals surface area contributed by atoms with Gasteiger partial charge < -0.3 is 5.32 Å². The second kappa shape index (κ2) is 6.14. The number of thiophene rings is 1. The third-order valence-corrected chi connectivity index (χ3v) is 5.87. The summed E-state index contributed by atoms with van der Waals surface area (Å²) in [4.78, 5) is 1.32. The lowest BCUT2D eigenvalue weighted by atomic mass is 9.86. The Morgan fingerprint density at radius 3 is 2.83 bits per heavy atom. The topological polar surface area (TPSA) is 58.2 Å². The Morgan fingerprint density at radius 2 is 2.22 bits per heavy atom. The first-order chi connectivity index (χ1) is 8.63. The molecule has 0 spiro atoms. The van der Waals surface area contributed by atoms with Crippen molar-refractivity contribution in [3.63, 3.8) is 0 Å². The predicted octanol–water partition coefficient (Wildman–Crippen LogP) is 1.94. The molecule has 0 radical (unpaired) electrons. The Labute approximate surface area is 113 Å². The Hall–Kier alpha value is -0.430. The second-order valence-electron chi connectivity index (χ2n) is 4.64. The molecule has 1 aromatic rings. The van der Waals surface area contributed by atoms with Crippen LogP contribution in [0, 0.1) is 5.92 Å². The molecule has 1 fully saturated rings. The van der Waals surface area contributed by atoms with Crippen molar-refractivity contribution in [2.45, 2.75) is 37.6 Å². The maximum absolute atomic E-state index is 12.2. The van der Waals surface area contributed by atoms with Crippen LogP contribution in [0.25, 0.3) is 0 Å². The summed E-state index contributed by atoms with van der Waals surface area (Å²) in [6.07, 6.45) is 3.53. The SMILES string of the molecule is CCNCc1sccc1S(=O)(=O)NCC1CCC1. The summed E-state index contributed by atoms with van der Waals surface area (Å²) in [5.41, 5.74) is 0. The molecule has 1 saturated carbocycles. The Balaban J connectivity index is 2.01. The van der Waals surface area contributed by atoms with Crippen molar-refractivity contribution in [3.8, 4) is 0 Å². The van der Waals surface area contributed by atoms with Crippen molar-refractivity contribution in [1.82, 2.24) is 10.0 Å². The van der Waals surface area contributed by atoms with Gasteiger partial charge in [-0.15, -0.1) is 11.3 Å². The number of hydrogen-bond acceptors (Lipinski definition) is 4. The van der Waals surface area contributed by atoms with Crippen molar-refractivity contribution in [3.05, 3.63) is 16.3 Å². The van der Waals surface area contributed by atoms with Crippen molar-refractivity contribution < 1.29 is 8.42 Å². The minimum atomic E-state index is -3.33. The van der Waals surface area contributed by atoms with E-state index in [2.05, 4.69) is 10.0 Å². The molecule has 1 aliphatic rings. The van der Waals surface area contributed by atoms with Crippen molar-refractivity contribution in [2.24, 2.45) is 5.92 Å². The van der Waals surface area contributed by atoms with Crippen LogP contribution in [0.15, 0.2) is 16.3 Å². The fraction of sp³-hybridized carbons (Fsp3) is 0.667. The molecule has 0 saturated heterocycles.